The van der Waals surface area contributed by atoms with E-state index in [-0.39, 0.29) is 38.6 Å². The first-order valence-electron chi connectivity index (χ1n) is 31.1. The Hall–Kier alpha value is -2.81. The van der Waals surface area contributed by atoms with Gasteiger partial charge in [-0.3, -0.25) is 18.6 Å². The third-order valence-electron chi connectivity index (χ3n) is 13.3. The molecule has 9 nitrogen and oxygen atoms in total. The minimum absolute atomic E-state index is 0.0488. The lowest BCUT2D eigenvalue weighted by Gasteiger charge is -2.19. The zero-order valence-corrected chi connectivity index (χ0v) is 49.4. The number of esters is 2. The third-order valence-corrected chi connectivity index (χ3v) is 14.3. The van der Waals surface area contributed by atoms with Gasteiger partial charge >= 0.3 is 19.8 Å². The van der Waals surface area contributed by atoms with Gasteiger partial charge in [0, 0.05) is 19.4 Å². The molecule has 0 amide bonds. The summed E-state index contributed by atoms with van der Waals surface area (Å²) in [5, 5.41) is 0. The summed E-state index contributed by atoms with van der Waals surface area (Å²) in [5.41, 5.74) is 5.39. The number of allylic oxidation sites excluding steroid dienone is 14. The highest BCUT2D eigenvalue weighted by molar-refractivity contribution is 7.47. The third kappa shape index (κ3) is 60.3. The molecule has 0 radical (unpaired) electrons. The topological polar surface area (TPSA) is 134 Å². The number of phosphoric ester groups is 1. The highest BCUT2D eigenvalue weighted by atomic mass is 31.2. The Balaban J connectivity index is 3.98. The van der Waals surface area contributed by atoms with Gasteiger partial charge in [-0.05, 0) is 70.6 Å². The van der Waals surface area contributed by atoms with Crippen LogP contribution in [0.25, 0.3) is 0 Å². The Kier molecular flexibility index (Phi) is 58.2. The Morgan fingerprint density at radius 2 is 0.733 bits per heavy atom. The molecular weight excluding hydrogens is 954 g/mol. The van der Waals surface area contributed by atoms with Gasteiger partial charge in [0.15, 0.2) is 6.10 Å². The van der Waals surface area contributed by atoms with E-state index in [4.69, 9.17) is 24.3 Å². The SMILES string of the molecule is CC/C=C\C/C=C\C/C=C\C/C=C\C/C=C\C/C=C\C/C=C\CCCCCCCCCC(=O)OC(COC(=O)CCCCCCCCCCCCCCCCCCCCCCCCCCC)COP(=O)(O)OCCN. The molecule has 0 fully saturated rings. The van der Waals surface area contributed by atoms with Crippen molar-refractivity contribution in [3.8, 4) is 0 Å². The smallest absolute Gasteiger partial charge is 0.462 e. The van der Waals surface area contributed by atoms with Crippen LogP contribution in [0.1, 0.15) is 284 Å². The average molecular weight is 1070 g/mol. The predicted octanol–water partition coefficient (Wildman–Crippen LogP) is 19.9. The maximum Gasteiger partial charge on any atom is 0.472 e. The zero-order chi connectivity index (χ0) is 54.5. The highest BCUT2D eigenvalue weighted by Gasteiger charge is 2.26. The molecule has 0 aliphatic heterocycles. The molecule has 75 heavy (non-hydrogen) atoms. The van der Waals surface area contributed by atoms with E-state index >= 15 is 0 Å². The molecule has 0 aromatic carbocycles. The van der Waals surface area contributed by atoms with Crippen molar-refractivity contribution in [2.75, 3.05) is 26.4 Å². The van der Waals surface area contributed by atoms with E-state index in [1.165, 1.54) is 161 Å². The quantitative estimate of drug-likeness (QED) is 0.0264. The van der Waals surface area contributed by atoms with Crippen LogP contribution in [0.2, 0.25) is 0 Å². The number of phosphoric acid groups is 1. The number of hydrogen-bond acceptors (Lipinski definition) is 8. The molecule has 0 aromatic rings. The molecule has 3 N–H and O–H groups in total. The molecule has 0 saturated heterocycles. The number of nitrogens with two attached hydrogens (primary N) is 1. The molecule has 0 saturated carbocycles. The average Bonchev–Trinajstić information content (AvgIpc) is 3.40. The van der Waals surface area contributed by atoms with Crippen molar-refractivity contribution in [3.05, 3.63) is 85.1 Å². The fourth-order valence-corrected chi connectivity index (χ4v) is 9.50. The first kappa shape index (κ1) is 72.2. The first-order valence-corrected chi connectivity index (χ1v) is 32.6. The van der Waals surface area contributed by atoms with Gasteiger partial charge in [-0.1, -0.05) is 285 Å². The van der Waals surface area contributed by atoms with E-state index < -0.39 is 26.5 Å². The van der Waals surface area contributed by atoms with E-state index in [0.717, 1.165) is 89.9 Å². The van der Waals surface area contributed by atoms with Gasteiger partial charge in [-0.2, -0.15) is 0 Å². The summed E-state index contributed by atoms with van der Waals surface area (Å²) in [6, 6.07) is 0. The van der Waals surface area contributed by atoms with Gasteiger partial charge in [-0.15, -0.1) is 0 Å². The summed E-state index contributed by atoms with van der Waals surface area (Å²) in [6.07, 6.45) is 79.3. The summed E-state index contributed by atoms with van der Waals surface area (Å²) >= 11 is 0. The van der Waals surface area contributed by atoms with E-state index in [2.05, 4.69) is 98.9 Å². The van der Waals surface area contributed by atoms with Gasteiger partial charge in [-0.25, -0.2) is 4.57 Å². The predicted molar refractivity (Wildman–Crippen MR) is 321 cm³/mol. The van der Waals surface area contributed by atoms with Gasteiger partial charge < -0.3 is 20.1 Å². The van der Waals surface area contributed by atoms with Gasteiger partial charge in [0.2, 0.25) is 0 Å². The van der Waals surface area contributed by atoms with Crippen molar-refractivity contribution in [3.63, 3.8) is 0 Å². The number of ether oxygens (including phenoxy) is 2. The van der Waals surface area contributed by atoms with Crippen molar-refractivity contribution in [1.29, 1.82) is 0 Å². The standard InChI is InChI=1S/C65H116NO8P/c1-3-5-7-9-11-13-15-17-19-21-23-25-27-29-30-31-32-34-36-38-40-42-44-46-48-50-52-54-56-58-65(68)74-63(62-73-75(69,70)72-60-59-66)61-71-64(67)57-55-53-51-49-47-45-43-41-39-37-35-33-28-26-24-22-20-18-16-14-12-10-8-6-4-2/h5,7,11,13,17,19,23,25,29-30,32,34,38,40,63H,3-4,6,8-10,12,14-16,18,20-22,24,26-28,31,33,35-37,39,41-62,66H2,1-2H3,(H,69,70)/b7-5-,13-11-,19-17-,25-23-,30-29-,34-32-,40-38-. The number of hydrogen-bond donors (Lipinski definition) is 2. The first-order chi connectivity index (χ1) is 36.8. The minimum Gasteiger partial charge on any atom is -0.462 e. The molecular formula is C65H116NO8P. The fraction of sp³-hybridized carbons (Fsp3) is 0.754. The number of carbonyl (C=O) groups excluding carboxylic acids is 2. The Morgan fingerprint density at radius 3 is 1.09 bits per heavy atom. The van der Waals surface area contributed by atoms with Crippen LogP contribution in [0.15, 0.2) is 85.1 Å². The van der Waals surface area contributed by atoms with E-state index in [0.29, 0.717) is 6.42 Å². The maximum absolute atomic E-state index is 12.7. The minimum atomic E-state index is -4.40. The monoisotopic (exact) mass is 1070 g/mol. The van der Waals surface area contributed by atoms with Crippen LogP contribution in [-0.4, -0.2) is 49.3 Å². The second-order valence-electron chi connectivity index (χ2n) is 20.6. The Morgan fingerprint density at radius 1 is 0.413 bits per heavy atom. The van der Waals surface area contributed by atoms with Crippen molar-refractivity contribution in [2.45, 2.75) is 290 Å². The molecule has 0 spiro atoms. The molecule has 2 atom stereocenters. The summed E-state index contributed by atoms with van der Waals surface area (Å²) in [4.78, 5) is 35.3. The molecule has 0 aliphatic rings. The molecule has 0 aliphatic carbocycles. The molecule has 434 valence electrons. The van der Waals surface area contributed by atoms with Crippen molar-refractivity contribution >= 4 is 19.8 Å². The van der Waals surface area contributed by atoms with Crippen LogP contribution in [0, 0.1) is 0 Å². The van der Waals surface area contributed by atoms with Crippen LogP contribution < -0.4 is 5.73 Å². The van der Waals surface area contributed by atoms with Crippen molar-refractivity contribution in [1.82, 2.24) is 0 Å². The molecule has 0 heterocycles. The van der Waals surface area contributed by atoms with E-state index in [1.54, 1.807) is 0 Å². The van der Waals surface area contributed by atoms with Crippen LogP contribution in [0.3, 0.4) is 0 Å². The molecule has 0 bridgehead atoms. The normalized spacial score (nSPS) is 13.6. The van der Waals surface area contributed by atoms with Crippen LogP contribution in [-0.2, 0) is 32.7 Å². The van der Waals surface area contributed by atoms with Gasteiger partial charge in [0.25, 0.3) is 0 Å². The lowest BCUT2D eigenvalue weighted by molar-refractivity contribution is -0.161. The van der Waals surface area contributed by atoms with Crippen LogP contribution in [0.4, 0.5) is 0 Å². The van der Waals surface area contributed by atoms with Crippen LogP contribution >= 0.6 is 7.82 Å². The molecule has 10 heteroatoms. The van der Waals surface area contributed by atoms with Crippen molar-refractivity contribution < 1.29 is 37.6 Å². The summed E-state index contributed by atoms with van der Waals surface area (Å²) in [5.74, 6) is -0.833. The summed E-state index contributed by atoms with van der Waals surface area (Å²) in [6.45, 7) is 3.65. The zero-order valence-electron chi connectivity index (χ0n) is 48.5. The Labute approximate surface area is 462 Å². The summed E-state index contributed by atoms with van der Waals surface area (Å²) < 4.78 is 33.1. The number of carbonyl (C=O) groups is 2. The van der Waals surface area contributed by atoms with Gasteiger partial charge in [0.05, 0.1) is 13.2 Å². The second-order valence-corrected chi connectivity index (χ2v) is 22.0. The fourth-order valence-electron chi connectivity index (χ4n) is 8.74. The summed E-state index contributed by atoms with van der Waals surface area (Å²) in [7, 11) is -4.40. The molecule has 0 aromatic heterocycles. The van der Waals surface area contributed by atoms with Gasteiger partial charge in [0.1, 0.15) is 6.61 Å². The Bertz CT molecular complexity index is 1500. The number of rotatable bonds is 58. The second kappa shape index (κ2) is 60.4. The van der Waals surface area contributed by atoms with E-state index in [1.807, 2.05) is 0 Å². The lowest BCUT2D eigenvalue weighted by atomic mass is 10.0. The lowest BCUT2D eigenvalue weighted by Crippen LogP contribution is -2.29. The number of unbranched alkanes of at least 4 members (excludes halogenated alkanes) is 31. The maximum atomic E-state index is 12.7. The molecule has 2 unspecified atom stereocenters. The van der Waals surface area contributed by atoms with Crippen LogP contribution in [0.5, 0.6) is 0 Å². The highest BCUT2D eigenvalue weighted by Crippen LogP contribution is 2.43. The van der Waals surface area contributed by atoms with E-state index in [9.17, 15) is 19.0 Å². The largest absolute Gasteiger partial charge is 0.472 e. The van der Waals surface area contributed by atoms with Crippen molar-refractivity contribution in [2.24, 2.45) is 5.73 Å². The molecule has 0 rings (SSSR count).